The molecule has 0 amide bonds. The van der Waals surface area contributed by atoms with E-state index < -0.39 is 0 Å². The molecule has 14 heavy (non-hydrogen) atoms. The maximum atomic E-state index is 11.6. The van der Waals surface area contributed by atoms with Crippen molar-refractivity contribution in [1.29, 1.82) is 0 Å². The minimum Gasteiger partial charge on any atom is -0.464 e. The van der Waals surface area contributed by atoms with E-state index in [0.29, 0.717) is 12.5 Å². The summed E-state index contributed by atoms with van der Waals surface area (Å²) in [4.78, 5) is 13.5. The van der Waals surface area contributed by atoms with Crippen LogP contribution in [-0.2, 0) is 9.53 Å². The molecule has 0 aliphatic heterocycles. The highest BCUT2D eigenvalue weighted by molar-refractivity contribution is 5.75. The van der Waals surface area contributed by atoms with Gasteiger partial charge in [-0.1, -0.05) is 27.2 Å². The van der Waals surface area contributed by atoms with Crippen molar-refractivity contribution in [2.24, 2.45) is 5.92 Å². The number of hydrogen-bond acceptors (Lipinski definition) is 3. The van der Waals surface area contributed by atoms with Gasteiger partial charge in [0.1, 0.15) is 6.04 Å². The van der Waals surface area contributed by atoms with Crippen molar-refractivity contribution in [3.63, 3.8) is 0 Å². The van der Waals surface area contributed by atoms with Gasteiger partial charge in [0, 0.05) is 0 Å². The van der Waals surface area contributed by atoms with Gasteiger partial charge in [-0.3, -0.25) is 9.69 Å². The van der Waals surface area contributed by atoms with Crippen LogP contribution in [-0.4, -0.2) is 37.6 Å². The van der Waals surface area contributed by atoms with Gasteiger partial charge in [-0.2, -0.15) is 0 Å². The Morgan fingerprint density at radius 2 is 1.93 bits per heavy atom. The molecular weight excluding hydrogens is 178 g/mol. The second-order valence-electron chi connectivity index (χ2n) is 4.29. The van der Waals surface area contributed by atoms with Crippen LogP contribution in [0.5, 0.6) is 0 Å². The molecule has 3 heteroatoms. The van der Waals surface area contributed by atoms with E-state index >= 15 is 0 Å². The smallest absolute Gasteiger partial charge is 0.323 e. The van der Waals surface area contributed by atoms with Gasteiger partial charge in [-0.15, -0.1) is 0 Å². The molecule has 0 aliphatic carbocycles. The summed E-state index contributed by atoms with van der Waals surface area (Å²) in [5, 5.41) is 0. The van der Waals surface area contributed by atoms with E-state index in [0.717, 1.165) is 12.8 Å². The maximum absolute atomic E-state index is 11.6. The summed E-state index contributed by atoms with van der Waals surface area (Å²) in [6, 6.07) is -0.0845. The summed E-state index contributed by atoms with van der Waals surface area (Å²) >= 11 is 0. The van der Waals surface area contributed by atoms with Gasteiger partial charge in [0.25, 0.3) is 0 Å². The summed E-state index contributed by atoms with van der Waals surface area (Å²) in [6.07, 6.45) is 1.86. The van der Waals surface area contributed by atoms with Crippen molar-refractivity contribution >= 4 is 5.97 Å². The van der Waals surface area contributed by atoms with Gasteiger partial charge in [-0.05, 0) is 26.4 Å². The third-order valence-corrected chi connectivity index (χ3v) is 2.02. The van der Waals surface area contributed by atoms with Crippen molar-refractivity contribution in [1.82, 2.24) is 4.90 Å². The summed E-state index contributed by atoms with van der Waals surface area (Å²) in [5.74, 6) is 0.314. The zero-order chi connectivity index (χ0) is 11.1. The number of hydrogen-bond donors (Lipinski definition) is 0. The van der Waals surface area contributed by atoms with Gasteiger partial charge < -0.3 is 4.74 Å². The van der Waals surface area contributed by atoms with Gasteiger partial charge in [0.15, 0.2) is 0 Å². The molecule has 0 radical (unpaired) electrons. The molecule has 0 N–H and O–H groups in total. The van der Waals surface area contributed by atoms with Crippen molar-refractivity contribution in [3.8, 4) is 0 Å². The summed E-state index contributed by atoms with van der Waals surface area (Å²) in [6.45, 7) is 6.68. The SMILES string of the molecule is CCCC(C(=O)OCC(C)C)N(C)C. The Bertz CT molecular complexity index is 167. The predicted molar refractivity (Wildman–Crippen MR) is 58.2 cm³/mol. The molecule has 0 spiro atoms. The Labute approximate surface area is 87.4 Å². The molecule has 0 aliphatic rings. The Morgan fingerprint density at radius 3 is 2.29 bits per heavy atom. The predicted octanol–water partition coefficient (Wildman–Crippen LogP) is 1.92. The zero-order valence-corrected chi connectivity index (χ0v) is 10.0. The average molecular weight is 201 g/mol. The summed E-state index contributed by atoms with van der Waals surface area (Å²) < 4.78 is 5.20. The Hall–Kier alpha value is -0.570. The maximum Gasteiger partial charge on any atom is 0.323 e. The number of carbonyl (C=O) groups is 1. The van der Waals surface area contributed by atoms with Crippen LogP contribution in [0.15, 0.2) is 0 Å². The molecule has 0 rings (SSSR count). The molecule has 84 valence electrons. The van der Waals surface area contributed by atoms with Crippen molar-refractivity contribution in [3.05, 3.63) is 0 Å². The average Bonchev–Trinajstić information content (AvgIpc) is 2.09. The fourth-order valence-electron chi connectivity index (χ4n) is 1.21. The molecule has 0 aromatic carbocycles. The number of likely N-dealkylation sites (N-methyl/N-ethyl adjacent to an activating group) is 1. The molecular formula is C11H23NO2. The second kappa shape index (κ2) is 6.82. The van der Waals surface area contributed by atoms with E-state index in [1.54, 1.807) is 0 Å². The number of rotatable bonds is 6. The molecule has 3 nitrogen and oxygen atoms in total. The second-order valence-corrected chi connectivity index (χ2v) is 4.29. The molecule has 0 heterocycles. The van der Waals surface area contributed by atoms with Crippen LogP contribution in [0, 0.1) is 5.92 Å². The Balaban J connectivity index is 4.02. The van der Waals surface area contributed by atoms with Crippen LogP contribution in [0.25, 0.3) is 0 Å². The molecule has 0 aromatic heterocycles. The van der Waals surface area contributed by atoms with E-state index in [2.05, 4.69) is 6.92 Å². The molecule has 1 unspecified atom stereocenters. The first kappa shape index (κ1) is 13.4. The largest absolute Gasteiger partial charge is 0.464 e. The highest BCUT2D eigenvalue weighted by Crippen LogP contribution is 2.06. The van der Waals surface area contributed by atoms with E-state index in [1.165, 1.54) is 0 Å². The van der Waals surface area contributed by atoms with E-state index in [9.17, 15) is 4.79 Å². The standard InChI is InChI=1S/C11H23NO2/c1-6-7-10(12(4)5)11(13)14-8-9(2)3/h9-10H,6-8H2,1-5H3. The first-order valence-electron chi connectivity index (χ1n) is 5.32. The highest BCUT2D eigenvalue weighted by Gasteiger charge is 2.21. The minimum atomic E-state index is -0.0921. The molecule has 0 fully saturated rings. The monoisotopic (exact) mass is 201 g/mol. The highest BCUT2D eigenvalue weighted by atomic mass is 16.5. The Morgan fingerprint density at radius 1 is 1.36 bits per heavy atom. The van der Waals surface area contributed by atoms with Gasteiger partial charge >= 0.3 is 5.97 Å². The van der Waals surface area contributed by atoms with Crippen molar-refractivity contribution < 1.29 is 9.53 Å². The fourth-order valence-corrected chi connectivity index (χ4v) is 1.21. The van der Waals surface area contributed by atoms with Crippen LogP contribution in [0.4, 0.5) is 0 Å². The van der Waals surface area contributed by atoms with Crippen LogP contribution >= 0.6 is 0 Å². The molecule has 0 saturated heterocycles. The number of carbonyl (C=O) groups excluding carboxylic acids is 1. The number of ether oxygens (including phenoxy) is 1. The lowest BCUT2D eigenvalue weighted by Crippen LogP contribution is -2.37. The third kappa shape index (κ3) is 5.22. The van der Waals surface area contributed by atoms with E-state index in [4.69, 9.17) is 4.74 Å². The Kier molecular flexibility index (Phi) is 6.54. The molecule has 0 aromatic rings. The first-order valence-corrected chi connectivity index (χ1v) is 5.32. The van der Waals surface area contributed by atoms with Crippen molar-refractivity contribution in [2.45, 2.75) is 39.7 Å². The topological polar surface area (TPSA) is 29.5 Å². The molecule has 0 saturated carbocycles. The van der Waals surface area contributed by atoms with Crippen molar-refractivity contribution in [2.75, 3.05) is 20.7 Å². The quantitative estimate of drug-likeness (QED) is 0.615. The van der Waals surface area contributed by atoms with Gasteiger partial charge in [-0.25, -0.2) is 0 Å². The number of esters is 1. The lowest BCUT2D eigenvalue weighted by molar-refractivity contribution is -0.150. The minimum absolute atomic E-state index is 0.0845. The molecule has 1 atom stereocenters. The lowest BCUT2D eigenvalue weighted by atomic mass is 10.1. The normalized spacial score (nSPS) is 13.4. The fraction of sp³-hybridized carbons (Fsp3) is 0.909. The van der Waals surface area contributed by atoms with Gasteiger partial charge in [0.2, 0.25) is 0 Å². The summed E-state index contributed by atoms with van der Waals surface area (Å²) in [5.41, 5.74) is 0. The van der Waals surface area contributed by atoms with Crippen LogP contribution in [0.1, 0.15) is 33.6 Å². The van der Waals surface area contributed by atoms with E-state index in [1.807, 2.05) is 32.8 Å². The van der Waals surface area contributed by atoms with Gasteiger partial charge in [0.05, 0.1) is 6.61 Å². The first-order chi connectivity index (χ1) is 6.49. The van der Waals surface area contributed by atoms with Crippen LogP contribution in [0.2, 0.25) is 0 Å². The number of nitrogens with zero attached hydrogens (tertiary/aromatic N) is 1. The van der Waals surface area contributed by atoms with Crippen LogP contribution in [0.3, 0.4) is 0 Å². The molecule has 0 bridgehead atoms. The van der Waals surface area contributed by atoms with Crippen LogP contribution < -0.4 is 0 Å². The summed E-state index contributed by atoms with van der Waals surface area (Å²) in [7, 11) is 3.83. The lowest BCUT2D eigenvalue weighted by Gasteiger charge is -2.22. The zero-order valence-electron chi connectivity index (χ0n) is 10.0. The van der Waals surface area contributed by atoms with E-state index in [-0.39, 0.29) is 12.0 Å². The third-order valence-electron chi connectivity index (χ3n) is 2.02.